The summed E-state index contributed by atoms with van der Waals surface area (Å²) in [6.45, 7) is 7.91. The van der Waals surface area contributed by atoms with E-state index in [1.165, 1.54) is 16.0 Å². The second-order valence-corrected chi connectivity index (χ2v) is 8.51. The van der Waals surface area contributed by atoms with E-state index in [1.807, 2.05) is 19.1 Å². The first-order valence-electron chi connectivity index (χ1n) is 8.42. The molecule has 1 N–H and O–H groups in total. The van der Waals surface area contributed by atoms with Crippen molar-refractivity contribution in [3.63, 3.8) is 0 Å². The van der Waals surface area contributed by atoms with Gasteiger partial charge in [0.25, 0.3) is 0 Å². The predicted molar refractivity (Wildman–Crippen MR) is 95.5 cm³/mol. The van der Waals surface area contributed by atoms with Crippen LogP contribution in [0, 0.1) is 13.8 Å². The number of sulfonamides is 1. The van der Waals surface area contributed by atoms with Crippen molar-refractivity contribution in [2.24, 2.45) is 0 Å². The van der Waals surface area contributed by atoms with Crippen LogP contribution in [-0.4, -0.2) is 38.9 Å². The Morgan fingerprint density at radius 1 is 0.958 bits per heavy atom. The first-order chi connectivity index (χ1) is 11.5. The molecule has 0 aromatic heterocycles. The standard InChI is InChI=1S/C19H24N2O2S/c1-16-7-9-19(10-8-16)24(22,23)21-13-11-20(12-14-21)15-18-6-4-3-5-17(18)2/h3-10H,11-15H2,1-2H3/p+1. The largest absolute Gasteiger partial charge is 0.329 e. The molecule has 2 aromatic carbocycles. The molecule has 0 radical (unpaired) electrons. The normalized spacial score (nSPS) is 17.1. The van der Waals surface area contributed by atoms with Gasteiger partial charge in [0, 0.05) is 5.56 Å². The molecule has 0 spiro atoms. The van der Waals surface area contributed by atoms with E-state index < -0.39 is 10.0 Å². The van der Waals surface area contributed by atoms with Crippen LogP contribution < -0.4 is 4.90 Å². The molecule has 0 amide bonds. The summed E-state index contributed by atoms with van der Waals surface area (Å²) in [5.41, 5.74) is 3.73. The van der Waals surface area contributed by atoms with Gasteiger partial charge in [-0.15, -0.1) is 0 Å². The summed E-state index contributed by atoms with van der Waals surface area (Å²) in [5.74, 6) is 0. The highest BCUT2D eigenvalue weighted by Crippen LogP contribution is 2.16. The molecule has 4 nitrogen and oxygen atoms in total. The van der Waals surface area contributed by atoms with E-state index in [1.54, 1.807) is 16.4 Å². The average molecular weight is 345 g/mol. The maximum atomic E-state index is 12.7. The molecule has 3 rings (SSSR count). The highest BCUT2D eigenvalue weighted by atomic mass is 32.2. The van der Waals surface area contributed by atoms with Gasteiger partial charge in [-0.05, 0) is 31.5 Å². The van der Waals surface area contributed by atoms with Crippen LogP contribution in [0.15, 0.2) is 53.4 Å². The number of benzene rings is 2. The zero-order valence-corrected chi connectivity index (χ0v) is 15.1. The quantitative estimate of drug-likeness (QED) is 0.910. The maximum absolute atomic E-state index is 12.7. The molecule has 0 saturated carbocycles. The first kappa shape index (κ1) is 17.1. The SMILES string of the molecule is Cc1ccc(S(=O)(=O)N2CC[NH+](Cc3ccccc3C)CC2)cc1. The van der Waals surface area contributed by atoms with Crippen molar-refractivity contribution in [3.05, 3.63) is 65.2 Å². The van der Waals surface area contributed by atoms with Crippen molar-refractivity contribution in [2.45, 2.75) is 25.3 Å². The highest BCUT2D eigenvalue weighted by molar-refractivity contribution is 7.89. The molecule has 1 heterocycles. The van der Waals surface area contributed by atoms with E-state index in [0.29, 0.717) is 18.0 Å². The molecule has 128 valence electrons. The van der Waals surface area contributed by atoms with Crippen LogP contribution >= 0.6 is 0 Å². The number of nitrogens with zero attached hydrogens (tertiary/aromatic N) is 1. The molecular weight excluding hydrogens is 320 g/mol. The van der Waals surface area contributed by atoms with E-state index >= 15 is 0 Å². The zero-order valence-electron chi connectivity index (χ0n) is 14.3. The van der Waals surface area contributed by atoms with E-state index in [0.717, 1.165) is 25.2 Å². The number of rotatable bonds is 4. The van der Waals surface area contributed by atoms with Gasteiger partial charge in [-0.3, -0.25) is 0 Å². The van der Waals surface area contributed by atoms with E-state index in [4.69, 9.17) is 0 Å². The Bertz CT molecular complexity index is 792. The second-order valence-electron chi connectivity index (χ2n) is 6.57. The molecule has 0 atom stereocenters. The van der Waals surface area contributed by atoms with Crippen LogP contribution in [0.3, 0.4) is 0 Å². The third-order valence-electron chi connectivity index (χ3n) is 4.79. The smallest absolute Gasteiger partial charge is 0.243 e. The molecular formula is C19H25N2O2S+. The molecule has 2 aromatic rings. The minimum Gasteiger partial charge on any atom is -0.329 e. The van der Waals surface area contributed by atoms with Gasteiger partial charge in [0.15, 0.2) is 0 Å². The Kier molecular flexibility index (Phi) is 5.04. The van der Waals surface area contributed by atoms with Crippen molar-refractivity contribution in [1.29, 1.82) is 0 Å². The number of hydrogen-bond donors (Lipinski definition) is 1. The van der Waals surface area contributed by atoms with E-state index in [9.17, 15) is 8.42 Å². The Hall–Kier alpha value is -1.69. The van der Waals surface area contributed by atoms with Gasteiger partial charge in [-0.25, -0.2) is 8.42 Å². The molecule has 1 saturated heterocycles. The lowest BCUT2D eigenvalue weighted by atomic mass is 10.1. The lowest BCUT2D eigenvalue weighted by molar-refractivity contribution is -0.917. The number of nitrogens with one attached hydrogen (secondary N) is 1. The fraction of sp³-hybridized carbons (Fsp3) is 0.368. The molecule has 24 heavy (non-hydrogen) atoms. The molecule has 1 aliphatic rings. The Labute approximate surface area is 144 Å². The molecule has 0 bridgehead atoms. The second kappa shape index (κ2) is 7.05. The summed E-state index contributed by atoms with van der Waals surface area (Å²) >= 11 is 0. The average Bonchev–Trinajstić information content (AvgIpc) is 2.58. The third kappa shape index (κ3) is 3.69. The lowest BCUT2D eigenvalue weighted by Crippen LogP contribution is -3.13. The maximum Gasteiger partial charge on any atom is 0.243 e. The van der Waals surface area contributed by atoms with Crippen LogP contribution in [0.25, 0.3) is 0 Å². The van der Waals surface area contributed by atoms with Gasteiger partial charge in [-0.2, -0.15) is 4.31 Å². The zero-order chi connectivity index (χ0) is 17.2. The highest BCUT2D eigenvalue weighted by Gasteiger charge is 2.30. The molecule has 1 aliphatic heterocycles. The van der Waals surface area contributed by atoms with Crippen LogP contribution in [-0.2, 0) is 16.6 Å². The van der Waals surface area contributed by atoms with Crippen molar-refractivity contribution in [3.8, 4) is 0 Å². The molecule has 0 aliphatic carbocycles. The van der Waals surface area contributed by atoms with Crippen molar-refractivity contribution in [2.75, 3.05) is 26.2 Å². The van der Waals surface area contributed by atoms with Gasteiger partial charge >= 0.3 is 0 Å². The van der Waals surface area contributed by atoms with E-state index in [-0.39, 0.29) is 0 Å². The fourth-order valence-electron chi connectivity index (χ4n) is 3.16. The van der Waals surface area contributed by atoms with Gasteiger partial charge in [0.1, 0.15) is 6.54 Å². The summed E-state index contributed by atoms with van der Waals surface area (Å²) in [5, 5.41) is 0. The molecule has 0 unspecified atom stereocenters. The van der Waals surface area contributed by atoms with E-state index in [2.05, 4.69) is 31.2 Å². The summed E-state index contributed by atoms with van der Waals surface area (Å²) in [4.78, 5) is 1.84. The fourth-order valence-corrected chi connectivity index (χ4v) is 4.60. The lowest BCUT2D eigenvalue weighted by Gasteiger charge is -2.31. The summed E-state index contributed by atoms with van der Waals surface area (Å²) in [6, 6.07) is 15.5. The van der Waals surface area contributed by atoms with Gasteiger partial charge < -0.3 is 4.90 Å². The predicted octanol–water partition coefficient (Wildman–Crippen LogP) is 1.39. The Balaban J connectivity index is 1.64. The van der Waals surface area contributed by atoms with Crippen LogP contribution in [0.2, 0.25) is 0 Å². The third-order valence-corrected chi connectivity index (χ3v) is 6.70. The number of aryl methyl sites for hydroxylation is 2. The van der Waals surface area contributed by atoms with Gasteiger partial charge in [0.2, 0.25) is 10.0 Å². The summed E-state index contributed by atoms with van der Waals surface area (Å²) in [7, 11) is -3.36. The number of quaternary nitrogens is 1. The molecule has 5 heteroatoms. The number of piperazine rings is 1. The van der Waals surface area contributed by atoms with Crippen molar-refractivity contribution < 1.29 is 13.3 Å². The van der Waals surface area contributed by atoms with Crippen LogP contribution in [0.5, 0.6) is 0 Å². The summed E-state index contributed by atoms with van der Waals surface area (Å²) < 4.78 is 27.1. The minimum atomic E-state index is -3.36. The van der Waals surface area contributed by atoms with Crippen LogP contribution in [0.1, 0.15) is 16.7 Å². The van der Waals surface area contributed by atoms with Crippen LogP contribution in [0.4, 0.5) is 0 Å². The number of hydrogen-bond acceptors (Lipinski definition) is 2. The summed E-state index contributed by atoms with van der Waals surface area (Å²) in [6.07, 6.45) is 0. The first-order valence-corrected chi connectivity index (χ1v) is 9.86. The Morgan fingerprint density at radius 2 is 1.58 bits per heavy atom. The van der Waals surface area contributed by atoms with Gasteiger partial charge in [0.05, 0.1) is 31.1 Å². The minimum absolute atomic E-state index is 0.399. The van der Waals surface area contributed by atoms with Crippen molar-refractivity contribution >= 4 is 10.0 Å². The monoisotopic (exact) mass is 345 g/mol. The topological polar surface area (TPSA) is 41.8 Å². The van der Waals surface area contributed by atoms with Crippen molar-refractivity contribution in [1.82, 2.24) is 4.31 Å². The molecule has 1 fully saturated rings. The Morgan fingerprint density at radius 3 is 2.21 bits per heavy atom. The van der Waals surface area contributed by atoms with Gasteiger partial charge in [-0.1, -0.05) is 42.0 Å².